The lowest BCUT2D eigenvalue weighted by Crippen LogP contribution is -2.33. The maximum atomic E-state index is 10.9. The predicted molar refractivity (Wildman–Crippen MR) is 39.8 cm³/mol. The minimum absolute atomic E-state index is 0.459. The Labute approximate surface area is 64.9 Å². The first kappa shape index (κ1) is 6.83. The fourth-order valence-corrected chi connectivity index (χ4v) is 2.40. The van der Waals surface area contributed by atoms with E-state index in [-0.39, 0.29) is 0 Å². The molecule has 0 aromatic heterocycles. The van der Waals surface area contributed by atoms with Crippen molar-refractivity contribution in [3.8, 4) is 0 Å². The molecule has 60 valence electrons. The highest BCUT2D eigenvalue weighted by atomic mass is 16.4. The Hall–Kier alpha value is -0.860. The molecule has 0 aromatic carbocycles. The largest absolute Gasteiger partial charge is 0.481 e. The van der Waals surface area contributed by atoms with E-state index in [0.29, 0.717) is 18.1 Å². The van der Waals surface area contributed by atoms with Crippen molar-refractivity contribution >= 4 is 11.7 Å². The Balaban J connectivity index is 2.37. The van der Waals surface area contributed by atoms with Crippen molar-refractivity contribution < 1.29 is 9.90 Å². The van der Waals surface area contributed by atoms with Crippen LogP contribution in [0.5, 0.6) is 0 Å². The number of rotatable bonds is 1. The van der Waals surface area contributed by atoms with E-state index in [2.05, 4.69) is 0 Å². The summed E-state index contributed by atoms with van der Waals surface area (Å²) in [5.74, 6) is -0.277. The second-order valence-corrected chi connectivity index (χ2v) is 3.68. The number of aliphatic carboxylic acids is 1. The zero-order valence-electron chi connectivity index (χ0n) is 6.26. The summed E-state index contributed by atoms with van der Waals surface area (Å²) in [6, 6.07) is 0. The van der Waals surface area contributed by atoms with Crippen molar-refractivity contribution in [2.45, 2.75) is 25.7 Å². The van der Waals surface area contributed by atoms with E-state index >= 15 is 0 Å². The van der Waals surface area contributed by atoms with Crippen LogP contribution in [0.4, 0.5) is 0 Å². The third kappa shape index (κ3) is 0.682. The second kappa shape index (κ2) is 1.84. The number of carboxylic acid groups (broad SMARTS) is 1. The van der Waals surface area contributed by atoms with Crippen LogP contribution in [0, 0.1) is 16.7 Å². The van der Waals surface area contributed by atoms with Gasteiger partial charge in [0.25, 0.3) is 0 Å². The number of carboxylic acids is 1. The summed E-state index contributed by atoms with van der Waals surface area (Å²) >= 11 is 0. The van der Waals surface area contributed by atoms with Gasteiger partial charge in [-0.3, -0.25) is 4.79 Å². The third-order valence-corrected chi connectivity index (χ3v) is 3.10. The second-order valence-electron chi connectivity index (χ2n) is 3.68. The highest BCUT2D eigenvalue weighted by Crippen LogP contribution is 2.51. The first-order valence-electron chi connectivity index (χ1n) is 3.96. The molecule has 0 aliphatic heterocycles. The number of hydrogen-bond acceptors (Lipinski definition) is 2. The smallest absolute Gasteiger partial charge is 0.315 e. The molecule has 0 aromatic rings. The maximum Gasteiger partial charge on any atom is 0.315 e. The monoisotopic (exact) mass is 153 g/mol. The van der Waals surface area contributed by atoms with Crippen LogP contribution in [0.2, 0.25) is 0 Å². The molecule has 0 amide bonds. The highest BCUT2D eigenvalue weighted by Gasteiger charge is 2.54. The van der Waals surface area contributed by atoms with Crippen LogP contribution >= 0.6 is 0 Å². The molecule has 0 saturated heterocycles. The van der Waals surface area contributed by atoms with Crippen molar-refractivity contribution in [2.75, 3.05) is 0 Å². The Kier molecular flexibility index (Phi) is 1.14. The van der Waals surface area contributed by atoms with E-state index in [4.69, 9.17) is 10.5 Å². The molecule has 2 atom stereocenters. The van der Waals surface area contributed by atoms with E-state index in [1.807, 2.05) is 0 Å². The summed E-state index contributed by atoms with van der Waals surface area (Å²) in [5.41, 5.74) is -0.272. The van der Waals surface area contributed by atoms with Gasteiger partial charge in [-0.05, 0) is 31.6 Å². The van der Waals surface area contributed by atoms with Gasteiger partial charge in [0.2, 0.25) is 0 Å². The molecule has 3 heteroatoms. The fourth-order valence-electron chi connectivity index (χ4n) is 2.40. The summed E-state index contributed by atoms with van der Waals surface area (Å²) in [4.78, 5) is 10.9. The molecule has 0 spiro atoms. The average molecular weight is 153 g/mol. The first-order chi connectivity index (χ1) is 5.15. The molecular weight excluding hydrogens is 142 g/mol. The molecule has 0 heterocycles. The molecule has 2 rings (SSSR count). The van der Waals surface area contributed by atoms with Crippen LogP contribution in [0.15, 0.2) is 0 Å². The summed E-state index contributed by atoms with van der Waals surface area (Å²) in [7, 11) is 0. The van der Waals surface area contributed by atoms with Gasteiger partial charge < -0.3 is 10.5 Å². The van der Waals surface area contributed by atoms with Crippen molar-refractivity contribution in [1.82, 2.24) is 0 Å². The van der Waals surface area contributed by atoms with Gasteiger partial charge in [-0.25, -0.2) is 0 Å². The van der Waals surface area contributed by atoms with Crippen LogP contribution in [0.25, 0.3) is 0 Å². The zero-order chi connectivity index (χ0) is 8.06. The van der Waals surface area contributed by atoms with E-state index in [9.17, 15) is 4.79 Å². The third-order valence-electron chi connectivity index (χ3n) is 3.10. The molecule has 2 aliphatic rings. The van der Waals surface area contributed by atoms with E-state index in [1.54, 1.807) is 0 Å². The molecule has 2 fully saturated rings. The summed E-state index contributed by atoms with van der Waals surface area (Å²) in [6.45, 7) is 0. The molecule has 3 nitrogen and oxygen atoms in total. The van der Waals surface area contributed by atoms with E-state index < -0.39 is 11.4 Å². The van der Waals surface area contributed by atoms with Crippen molar-refractivity contribution in [3.63, 3.8) is 0 Å². The lowest BCUT2D eigenvalue weighted by molar-refractivity contribution is -0.144. The molecule has 0 radical (unpaired) electrons. The van der Waals surface area contributed by atoms with Crippen LogP contribution in [-0.4, -0.2) is 16.8 Å². The van der Waals surface area contributed by atoms with E-state index in [0.717, 1.165) is 19.3 Å². The lowest BCUT2D eigenvalue weighted by Gasteiger charge is -2.21. The summed E-state index contributed by atoms with van der Waals surface area (Å²) in [5, 5.41) is 16.5. The summed E-state index contributed by atoms with van der Waals surface area (Å²) < 4.78 is 0. The standard InChI is InChI=1S/C8H11NO2/c9-6-3-5-1-2-8(6,4-5)7(10)11/h5,9H,1-4H2,(H,10,11). The number of hydrogen-bond donors (Lipinski definition) is 2. The highest BCUT2D eigenvalue weighted by molar-refractivity contribution is 6.06. The first-order valence-corrected chi connectivity index (χ1v) is 3.96. The van der Waals surface area contributed by atoms with Crippen molar-refractivity contribution in [1.29, 1.82) is 5.41 Å². The molecule has 11 heavy (non-hydrogen) atoms. The number of nitrogens with one attached hydrogen (secondary N) is 1. The number of fused-ring (bicyclic) bond motifs is 2. The van der Waals surface area contributed by atoms with Gasteiger partial charge >= 0.3 is 5.97 Å². The fraction of sp³-hybridized carbons (Fsp3) is 0.750. The Bertz CT molecular complexity index is 236. The lowest BCUT2D eigenvalue weighted by atomic mass is 9.83. The normalized spacial score (nSPS) is 41.5. The maximum absolute atomic E-state index is 10.9. The average Bonchev–Trinajstić information content (AvgIpc) is 2.43. The van der Waals surface area contributed by atoms with Crippen LogP contribution in [0.1, 0.15) is 25.7 Å². The van der Waals surface area contributed by atoms with E-state index in [1.165, 1.54) is 0 Å². The van der Waals surface area contributed by atoms with Gasteiger partial charge in [0.15, 0.2) is 0 Å². The van der Waals surface area contributed by atoms with Crippen molar-refractivity contribution in [2.24, 2.45) is 11.3 Å². The van der Waals surface area contributed by atoms with Gasteiger partial charge in [0.1, 0.15) is 5.41 Å². The number of carbonyl (C=O) groups is 1. The van der Waals surface area contributed by atoms with Crippen molar-refractivity contribution in [3.05, 3.63) is 0 Å². The zero-order valence-corrected chi connectivity index (χ0v) is 6.26. The minimum Gasteiger partial charge on any atom is -0.481 e. The van der Waals surface area contributed by atoms with Crippen LogP contribution in [0.3, 0.4) is 0 Å². The van der Waals surface area contributed by atoms with Gasteiger partial charge in [-0.15, -0.1) is 0 Å². The predicted octanol–water partition coefficient (Wildman–Crippen LogP) is 1.28. The quantitative estimate of drug-likeness (QED) is 0.596. The molecule has 2 saturated carbocycles. The van der Waals surface area contributed by atoms with Gasteiger partial charge in [-0.2, -0.15) is 0 Å². The molecule has 2 unspecified atom stereocenters. The Morgan fingerprint density at radius 3 is 2.73 bits per heavy atom. The van der Waals surface area contributed by atoms with Gasteiger partial charge in [0.05, 0.1) is 0 Å². The van der Waals surface area contributed by atoms with Crippen LogP contribution in [-0.2, 0) is 4.79 Å². The molecule has 2 N–H and O–H groups in total. The summed E-state index contributed by atoms with van der Waals surface area (Å²) in [6.07, 6.45) is 3.16. The Morgan fingerprint density at radius 2 is 2.45 bits per heavy atom. The Morgan fingerprint density at radius 1 is 1.73 bits per heavy atom. The molecule has 2 bridgehead atoms. The van der Waals surface area contributed by atoms with Gasteiger partial charge in [-0.1, -0.05) is 0 Å². The minimum atomic E-state index is -0.775. The molecule has 2 aliphatic carbocycles. The topological polar surface area (TPSA) is 61.2 Å². The van der Waals surface area contributed by atoms with Gasteiger partial charge in [0, 0.05) is 5.71 Å². The molecular formula is C8H11NO2. The SMILES string of the molecule is N=C1CC2CCC1(C(=O)O)C2. The van der Waals surface area contributed by atoms with Crippen LogP contribution < -0.4 is 0 Å².